The molecule has 0 radical (unpaired) electrons. The molecule has 1 unspecified atom stereocenters. The minimum atomic E-state index is -0.365. The number of amides is 1. The molecule has 1 fully saturated rings. The van der Waals surface area contributed by atoms with E-state index in [1.54, 1.807) is 11.0 Å². The van der Waals surface area contributed by atoms with Gasteiger partial charge in [-0.25, -0.2) is 4.39 Å². The van der Waals surface area contributed by atoms with Gasteiger partial charge in [0.1, 0.15) is 11.6 Å². The molecule has 1 amide bonds. The zero-order valence-electron chi connectivity index (χ0n) is 10.9. The standard InChI is InChI=1S/C14H17ClFNO2/c1-2-5-19-13-7-11(16)3-4-12(13)17-9-10(8-15)6-14(17)18/h3-4,7,10H,2,5-6,8-9H2,1H3. The van der Waals surface area contributed by atoms with E-state index >= 15 is 0 Å². The van der Waals surface area contributed by atoms with Gasteiger partial charge in [-0.05, 0) is 24.5 Å². The molecule has 1 aromatic rings. The van der Waals surface area contributed by atoms with E-state index in [1.807, 2.05) is 6.92 Å². The van der Waals surface area contributed by atoms with Crippen LogP contribution in [0.2, 0.25) is 0 Å². The quantitative estimate of drug-likeness (QED) is 0.778. The maximum atomic E-state index is 13.3. The van der Waals surface area contributed by atoms with Crippen LogP contribution in [-0.2, 0) is 4.79 Å². The average molecular weight is 286 g/mol. The number of carbonyl (C=O) groups is 1. The second-order valence-corrected chi connectivity index (χ2v) is 5.00. The van der Waals surface area contributed by atoms with Gasteiger partial charge in [-0.2, -0.15) is 0 Å². The maximum absolute atomic E-state index is 13.3. The summed E-state index contributed by atoms with van der Waals surface area (Å²) in [6.07, 6.45) is 1.27. The largest absolute Gasteiger partial charge is 0.491 e. The Morgan fingerprint density at radius 3 is 2.95 bits per heavy atom. The van der Waals surface area contributed by atoms with Crippen LogP contribution in [0.3, 0.4) is 0 Å². The first-order valence-electron chi connectivity index (χ1n) is 6.44. The highest BCUT2D eigenvalue weighted by Gasteiger charge is 2.31. The molecule has 2 rings (SSSR count). The van der Waals surface area contributed by atoms with Gasteiger partial charge in [0.05, 0.1) is 12.3 Å². The van der Waals surface area contributed by atoms with Crippen molar-refractivity contribution >= 4 is 23.2 Å². The molecule has 1 aliphatic rings. The molecule has 1 saturated heterocycles. The summed E-state index contributed by atoms with van der Waals surface area (Å²) in [5.41, 5.74) is 0.632. The molecule has 0 N–H and O–H groups in total. The van der Waals surface area contributed by atoms with E-state index in [1.165, 1.54) is 12.1 Å². The smallest absolute Gasteiger partial charge is 0.227 e. The van der Waals surface area contributed by atoms with E-state index in [0.717, 1.165) is 6.42 Å². The SMILES string of the molecule is CCCOc1cc(F)ccc1N1CC(CCl)CC1=O. The minimum Gasteiger partial charge on any atom is -0.491 e. The number of ether oxygens (including phenoxy) is 1. The van der Waals surface area contributed by atoms with Crippen molar-refractivity contribution in [1.29, 1.82) is 0 Å². The van der Waals surface area contributed by atoms with Crippen LogP contribution in [0.1, 0.15) is 19.8 Å². The summed E-state index contributed by atoms with van der Waals surface area (Å²) < 4.78 is 18.8. The Morgan fingerprint density at radius 2 is 2.32 bits per heavy atom. The molecule has 0 aromatic heterocycles. The van der Waals surface area contributed by atoms with E-state index in [2.05, 4.69) is 0 Å². The number of nitrogens with zero attached hydrogens (tertiary/aromatic N) is 1. The summed E-state index contributed by atoms with van der Waals surface area (Å²) in [4.78, 5) is 13.6. The van der Waals surface area contributed by atoms with Crippen molar-refractivity contribution < 1.29 is 13.9 Å². The Kier molecular flexibility index (Phi) is 4.64. The van der Waals surface area contributed by atoms with E-state index in [9.17, 15) is 9.18 Å². The summed E-state index contributed by atoms with van der Waals surface area (Å²) >= 11 is 5.80. The van der Waals surface area contributed by atoms with Crippen LogP contribution in [0.25, 0.3) is 0 Å². The van der Waals surface area contributed by atoms with Gasteiger partial charge in [0.15, 0.2) is 0 Å². The fourth-order valence-electron chi connectivity index (χ4n) is 2.16. The number of carbonyl (C=O) groups excluding carboxylic acids is 1. The summed E-state index contributed by atoms with van der Waals surface area (Å²) in [7, 11) is 0. The molecule has 1 aliphatic heterocycles. The van der Waals surface area contributed by atoms with Gasteiger partial charge in [-0.15, -0.1) is 11.6 Å². The monoisotopic (exact) mass is 285 g/mol. The number of hydrogen-bond donors (Lipinski definition) is 0. The van der Waals surface area contributed by atoms with Crippen molar-refractivity contribution in [2.24, 2.45) is 5.92 Å². The molecule has 0 saturated carbocycles. The molecule has 0 bridgehead atoms. The molecule has 19 heavy (non-hydrogen) atoms. The zero-order chi connectivity index (χ0) is 13.8. The Hall–Kier alpha value is -1.29. The lowest BCUT2D eigenvalue weighted by Crippen LogP contribution is -2.25. The number of alkyl halides is 1. The number of benzene rings is 1. The van der Waals surface area contributed by atoms with E-state index in [4.69, 9.17) is 16.3 Å². The first kappa shape index (κ1) is 14.1. The van der Waals surface area contributed by atoms with Gasteiger partial charge in [0.2, 0.25) is 5.91 Å². The summed E-state index contributed by atoms with van der Waals surface area (Å²) in [6.45, 7) is 3.04. The Morgan fingerprint density at radius 1 is 1.53 bits per heavy atom. The van der Waals surface area contributed by atoms with Crippen molar-refractivity contribution in [3.63, 3.8) is 0 Å². The first-order chi connectivity index (χ1) is 9.15. The van der Waals surface area contributed by atoms with Crippen LogP contribution in [0.4, 0.5) is 10.1 Å². The summed E-state index contributed by atoms with van der Waals surface area (Å²) in [6, 6.07) is 4.26. The van der Waals surface area contributed by atoms with Crippen molar-refractivity contribution in [1.82, 2.24) is 0 Å². The molecule has 3 nitrogen and oxygen atoms in total. The number of hydrogen-bond acceptors (Lipinski definition) is 2. The number of rotatable bonds is 5. The topological polar surface area (TPSA) is 29.5 Å². The van der Waals surface area contributed by atoms with E-state index in [-0.39, 0.29) is 17.6 Å². The zero-order valence-corrected chi connectivity index (χ0v) is 11.6. The van der Waals surface area contributed by atoms with Gasteiger partial charge in [0, 0.05) is 24.9 Å². The molecular weight excluding hydrogens is 269 g/mol. The van der Waals surface area contributed by atoms with Gasteiger partial charge in [0.25, 0.3) is 0 Å². The Labute approximate surface area is 117 Å². The highest BCUT2D eigenvalue weighted by atomic mass is 35.5. The van der Waals surface area contributed by atoms with Crippen LogP contribution in [-0.4, -0.2) is 24.9 Å². The molecule has 1 heterocycles. The maximum Gasteiger partial charge on any atom is 0.227 e. The van der Waals surface area contributed by atoms with Gasteiger partial charge >= 0.3 is 0 Å². The average Bonchev–Trinajstić information content (AvgIpc) is 2.78. The molecule has 5 heteroatoms. The predicted molar refractivity (Wildman–Crippen MR) is 73.4 cm³/mol. The van der Waals surface area contributed by atoms with Crippen molar-refractivity contribution in [3.8, 4) is 5.75 Å². The minimum absolute atomic E-state index is 0.0126. The third kappa shape index (κ3) is 3.18. The molecule has 1 aromatic carbocycles. The van der Waals surface area contributed by atoms with Gasteiger partial charge in [-0.1, -0.05) is 6.92 Å². The Balaban J connectivity index is 2.25. The summed E-state index contributed by atoms with van der Waals surface area (Å²) in [5, 5.41) is 0. The molecular formula is C14H17ClFNO2. The third-order valence-electron chi connectivity index (χ3n) is 3.10. The van der Waals surface area contributed by atoms with Crippen LogP contribution in [0.5, 0.6) is 5.75 Å². The molecule has 0 spiro atoms. The van der Waals surface area contributed by atoms with Gasteiger partial charge < -0.3 is 9.64 Å². The van der Waals surface area contributed by atoms with Crippen LogP contribution >= 0.6 is 11.6 Å². The summed E-state index contributed by atoms with van der Waals surface area (Å²) in [5.74, 6) is 0.673. The van der Waals surface area contributed by atoms with Crippen molar-refractivity contribution in [3.05, 3.63) is 24.0 Å². The number of halogens is 2. The van der Waals surface area contributed by atoms with E-state index < -0.39 is 0 Å². The highest BCUT2D eigenvalue weighted by Crippen LogP contribution is 2.34. The lowest BCUT2D eigenvalue weighted by atomic mass is 10.1. The van der Waals surface area contributed by atoms with Crippen LogP contribution in [0, 0.1) is 11.7 Å². The lowest BCUT2D eigenvalue weighted by Gasteiger charge is -2.20. The molecule has 104 valence electrons. The second-order valence-electron chi connectivity index (χ2n) is 4.69. The number of anilines is 1. The van der Waals surface area contributed by atoms with E-state index in [0.29, 0.717) is 36.9 Å². The fraction of sp³-hybridized carbons (Fsp3) is 0.500. The highest BCUT2D eigenvalue weighted by molar-refractivity contribution is 6.18. The molecule has 1 atom stereocenters. The van der Waals surface area contributed by atoms with Gasteiger partial charge in [-0.3, -0.25) is 4.79 Å². The second kappa shape index (κ2) is 6.24. The van der Waals surface area contributed by atoms with Crippen molar-refractivity contribution in [2.75, 3.05) is 23.9 Å². The fourth-order valence-corrected chi connectivity index (χ4v) is 2.36. The lowest BCUT2D eigenvalue weighted by molar-refractivity contribution is -0.117. The van der Waals surface area contributed by atoms with Crippen LogP contribution in [0.15, 0.2) is 18.2 Å². The normalized spacial score (nSPS) is 19.0. The Bertz CT molecular complexity index is 467. The van der Waals surface area contributed by atoms with Crippen molar-refractivity contribution in [2.45, 2.75) is 19.8 Å². The predicted octanol–water partition coefficient (Wildman–Crippen LogP) is 3.21. The van der Waals surface area contributed by atoms with Crippen LogP contribution < -0.4 is 9.64 Å². The first-order valence-corrected chi connectivity index (χ1v) is 6.97. The molecule has 0 aliphatic carbocycles. The third-order valence-corrected chi connectivity index (χ3v) is 3.53.